The zero-order chi connectivity index (χ0) is 21.2. The number of morpholine rings is 1. The van der Waals surface area contributed by atoms with Gasteiger partial charge in [-0.3, -0.25) is 0 Å². The second kappa shape index (κ2) is 7.01. The molecule has 9 heteroatoms. The Morgan fingerprint density at radius 3 is 2.81 bits per heavy atom. The summed E-state index contributed by atoms with van der Waals surface area (Å²) in [5, 5.41) is 0.831. The van der Waals surface area contributed by atoms with Crippen LogP contribution in [-0.2, 0) is 27.8 Å². The number of H-pyrrole nitrogens is 1. The summed E-state index contributed by atoms with van der Waals surface area (Å²) in [5.41, 5.74) is 3.71. The third-order valence-corrected chi connectivity index (χ3v) is 8.80. The maximum absolute atomic E-state index is 12.9. The molecule has 3 aliphatic rings. The Hall–Kier alpha value is -2.49. The highest BCUT2D eigenvalue weighted by Gasteiger charge is 2.43. The highest BCUT2D eigenvalue weighted by atomic mass is 32.2. The summed E-state index contributed by atoms with van der Waals surface area (Å²) in [5.74, 6) is 1.48. The molecule has 3 aromatic rings. The number of benzene rings is 1. The van der Waals surface area contributed by atoms with E-state index >= 15 is 0 Å². The molecule has 6 rings (SSSR count). The van der Waals surface area contributed by atoms with Gasteiger partial charge in [0.2, 0.25) is 10.0 Å². The van der Waals surface area contributed by atoms with Crippen molar-refractivity contribution in [1.29, 1.82) is 0 Å². The van der Waals surface area contributed by atoms with Crippen LogP contribution in [0.2, 0.25) is 0 Å². The molecule has 2 fully saturated rings. The van der Waals surface area contributed by atoms with Crippen molar-refractivity contribution in [2.45, 2.75) is 44.1 Å². The van der Waals surface area contributed by atoms with Gasteiger partial charge in [-0.25, -0.2) is 18.4 Å². The molecule has 0 bridgehead atoms. The summed E-state index contributed by atoms with van der Waals surface area (Å²) in [6.45, 7) is 4.78. The summed E-state index contributed by atoms with van der Waals surface area (Å²) < 4.78 is 33.1. The lowest BCUT2D eigenvalue weighted by Gasteiger charge is -2.35. The van der Waals surface area contributed by atoms with Gasteiger partial charge in [0.05, 0.1) is 36.7 Å². The van der Waals surface area contributed by atoms with Crippen LogP contribution in [0.25, 0.3) is 22.3 Å². The number of fused-ring (bicyclic) bond motifs is 2. The summed E-state index contributed by atoms with van der Waals surface area (Å²) in [6.07, 6.45) is 3.45. The predicted molar refractivity (Wildman–Crippen MR) is 118 cm³/mol. The van der Waals surface area contributed by atoms with Gasteiger partial charge in [0.15, 0.2) is 5.82 Å². The maximum atomic E-state index is 12.9. The lowest BCUT2D eigenvalue weighted by Crippen LogP contribution is -2.44. The van der Waals surface area contributed by atoms with Crippen LogP contribution in [0.3, 0.4) is 0 Å². The van der Waals surface area contributed by atoms with E-state index in [1.54, 1.807) is 4.31 Å². The molecule has 162 valence electrons. The number of aromatic amines is 1. The number of hydrogen-bond acceptors (Lipinski definition) is 6. The molecular formula is C22H25N5O3S. The van der Waals surface area contributed by atoms with Crippen LogP contribution in [0.5, 0.6) is 0 Å². The highest BCUT2D eigenvalue weighted by molar-refractivity contribution is 7.90. The van der Waals surface area contributed by atoms with Crippen LogP contribution in [-0.4, -0.2) is 58.7 Å². The molecule has 8 nitrogen and oxygen atoms in total. The van der Waals surface area contributed by atoms with Gasteiger partial charge >= 0.3 is 0 Å². The van der Waals surface area contributed by atoms with Crippen LogP contribution < -0.4 is 4.90 Å². The smallest absolute Gasteiger partial charge is 0.217 e. The van der Waals surface area contributed by atoms with Gasteiger partial charge in [-0.05, 0) is 25.8 Å². The van der Waals surface area contributed by atoms with E-state index < -0.39 is 10.0 Å². The Kier molecular flexibility index (Phi) is 4.35. The molecule has 2 aliphatic heterocycles. The predicted octanol–water partition coefficient (Wildman–Crippen LogP) is 2.66. The Morgan fingerprint density at radius 2 is 2.00 bits per heavy atom. The summed E-state index contributed by atoms with van der Waals surface area (Å²) >= 11 is 0. The van der Waals surface area contributed by atoms with Gasteiger partial charge in [-0.15, -0.1) is 0 Å². The fourth-order valence-electron chi connectivity index (χ4n) is 4.62. The molecule has 0 unspecified atom stereocenters. The lowest BCUT2D eigenvalue weighted by molar-refractivity contribution is 0.0984. The number of para-hydroxylation sites is 1. The quantitative estimate of drug-likeness (QED) is 0.672. The number of hydrogen-bond donors (Lipinski definition) is 1. The normalized spacial score (nSPS) is 22.2. The molecular weight excluding hydrogens is 414 g/mol. The van der Waals surface area contributed by atoms with Crippen molar-refractivity contribution in [3.63, 3.8) is 0 Å². The monoisotopic (exact) mass is 439 g/mol. The van der Waals surface area contributed by atoms with E-state index in [9.17, 15) is 8.42 Å². The standard InChI is InChI=1S/C22H25N5O3S/c1-14-13-30-9-8-27(14)22-18-11-26(31(28,29)15-6-7-15)12-20(18)24-21(25-22)17-10-23-19-5-3-2-4-16(17)19/h2-5,10,14-15,23H,6-9,11-13H2,1H3/t14-/m0/s1. The minimum atomic E-state index is -3.28. The largest absolute Gasteiger partial charge is 0.377 e. The van der Waals surface area contributed by atoms with Crippen molar-refractivity contribution >= 4 is 26.7 Å². The summed E-state index contributed by atoms with van der Waals surface area (Å²) in [6, 6.07) is 8.24. The van der Waals surface area contributed by atoms with Crippen molar-refractivity contribution in [3.8, 4) is 11.4 Å². The van der Waals surface area contributed by atoms with E-state index in [1.165, 1.54) is 0 Å². The average molecular weight is 440 g/mol. The minimum Gasteiger partial charge on any atom is -0.377 e. The first-order chi connectivity index (χ1) is 15.0. The molecule has 1 N–H and O–H groups in total. The Morgan fingerprint density at radius 1 is 1.16 bits per heavy atom. The molecule has 4 heterocycles. The number of ether oxygens (including phenoxy) is 1. The van der Waals surface area contributed by atoms with E-state index in [2.05, 4.69) is 22.9 Å². The number of anilines is 1. The molecule has 2 aromatic heterocycles. The van der Waals surface area contributed by atoms with E-state index in [0.717, 1.165) is 52.9 Å². The van der Waals surface area contributed by atoms with E-state index in [1.807, 2.05) is 24.4 Å². The molecule has 1 aliphatic carbocycles. The van der Waals surface area contributed by atoms with Gasteiger partial charge < -0.3 is 14.6 Å². The molecule has 1 saturated carbocycles. The lowest BCUT2D eigenvalue weighted by atomic mass is 10.1. The van der Waals surface area contributed by atoms with Crippen molar-refractivity contribution in [2.24, 2.45) is 0 Å². The Balaban J connectivity index is 1.48. The first-order valence-corrected chi connectivity index (χ1v) is 12.3. The van der Waals surface area contributed by atoms with Crippen molar-refractivity contribution < 1.29 is 13.2 Å². The maximum Gasteiger partial charge on any atom is 0.217 e. The van der Waals surface area contributed by atoms with Crippen LogP contribution >= 0.6 is 0 Å². The Bertz CT molecular complexity index is 1270. The van der Waals surface area contributed by atoms with Gasteiger partial charge in [0.1, 0.15) is 5.82 Å². The molecule has 1 aromatic carbocycles. The third kappa shape index (κ3) is 3.14. The van der Waals surface area contributed by atoms with Crippen LogP contribution in [0.15, 0.2) is 30.5 Å². The molecule has 0 spiro atoms. The van der Waals surface area contributed by atoms with Gasteiger partial charge in [-0.1, -0.05) is 18.2 Å². The highest BCUT2D eigenvalue weighted by Crippen LogP contribution is 2.39. The van der Waals surface area contributed by atoms with Crippen molar-refractivity contribution in [3.05, 3.63) is 41.7 Å². The van der Waals surface area contributed by atoms with Crippen molar-refractivity contribution in [1.82, 2.24) is 19.3 Å². The summed E-state index contributed by atoms with van der Waals surface area (Å²) in [4.78, 5) is 15.4. The average Bonchev–Trinajstić information content (AvgIpc) is 3.41. The Labute approximate surface area is 181 Å². The molecule has 0 amide bonds. The SMILES string of the molecule is C[C@H]1COCCN1c1nc(-c2c[nH]c3ccccc23)nc2c1CN(S(=O)(=O)C1CC1)C2. The molecule has 1 atom stereocenters. The number of nitrogens with zero attached hydrogens (tertiary/aromatic N) is 4. The second-order valence-electron chi connectivity index (χ2n) is 8.67. The van der Waals surface area contributed by atoms with Crippen LogP contribution in [0, 0.1) is 0 Å². The van der Waals surface area contributed by atoms with E-state index in [0.29, 0.717) is 32.1 Å². The third-order valence-electron chi connectivity index (χ3n) is 6.51. The van der Waals surface area contributed by atoms with Gasteiger partial charge in [0.25, 0.3) is 0 Å². The minimum absolute atomic E-state index is 0.164. The van der Waals surface area contributed by atoms with E-state index in [4.69, 9.17) is 14.7 Å². The molecule has 0 radical (unpaired) electrons. The van der Waals surface area contributed by atoms with Crippen LogP contribution in [0.4, 0.5) is 5.82 Å². The number of nitrogens with one attached hydrogen (secondary N) is 1. The van der Waals surface area contributed by atoms with Crippen LogP contribution in [0.1, 0.15) is 31.0 Å². The summed E-state index contributed by atoms with van der Waals surface area (Å²) in [7, 11) is -3.28. The first kappa shape index (κ1) is 19.2. The first-order valence-electron chi connectivity index (χ1n) is 10.8. The van der Waals surface area contributed by atoms with Gasteiger partial charge in [0, 0.05) is 41.3 Å². The number of sulfonamides is 1. The fraction of sp³-hybridized carbons (Fsp3) is 0.455. The fourth-order valence-corrected chi connectivity index (χ4v) is 6.39. The molecule has 31 heavy (non-hydrogen) atoms. The van der Waals surface area contributed by atoms with Gasteiger partial charge in [-0.2, -0.15) is 4.31 Å². The number of rotatable bonds is 4. The topological polar surface area (TPSA) is 91.4 Å². The molecule has 1 saturated heterocycles. The second-order valence-corrected chi connectivity index (χ2v) is 10.9. The number of aromatic nitrogens is 3. The van der Waals surface area contributed by atoms with E-state index in [-0.39, 0.29) is 11.3 Å². The van der Waals surface area contributed by atoms with Crippen molar-refractivity contribution in [2.75, 3.05) is 24.7 Å². The zero-order valence-electron chi connectivity index (χ0n) is 17.4. The zero-order valence-corrected chi connectivity index (χ0v) is 18.2.